The SMILES string of the molecule is CCO[P+](=O)CC1CN(S(=O)(=O)c2ccc(C)cc2)CC1C. The number of nitrogens with zero attached hydrogens (tertiary/aromatic N) is 1. The van der Waals surface area contributed by atoms with Gasteiger partial charge in [0.25, 0.3) is 0 Å². The van der Waals surface area contributed by atoms with Gasteiger partial charge in [-0.1, -0.05) is 24.6 Å². The fraction of sp³-hybridized carbons (Fsp3) is 0.600. The number of aryl methyl sites for hydroxylation is 1. The van der Waals surface area contributed by atoms with Gasteiger partial charge in [0, 0.05) is 19.0 Å². The van der Waals surface area contributed by atoms with Crippen molar-refractivity contribution in [2.75, 3.05) is 25.9 Å². The van der Waals surface area contributed by atoms with E-state index in [1.54, 1.807) is 31.2 Å². The van der Waals surface area contributed by atoms with Gasteiger partial charge in [-0.15, -0.1) is 4.52 Å². The molecule has 1 heterocycles. The van der Waals surface area contributed by atoms with Gasteiger partial charge < -0.3 is 0 Å². The third-order valence-corrected chi connectivity index (χ3v) is 7.21. The highest BCUT2D eigenvalue weighted by Gasteiger charge is 2.41. The van der Waals surface area contributed by atoms with Crippen LogP contribution in [0.3, 0.4) is 0 Å². The minimum Gasteiger partial charge on any atom is -0.207 e. The van der Waals surface area contributed by atoms with Crippen LogP contribution in [0, 0.1) is 18.8 Å². The number of sulfonamides is 1. The van der Waals surface area contributed by atoms with E-state index in [1.807, 2.05) is 13.8 Å². The normalized spacial score (nSPS) is 23.7. The Morgan fingerprint density at radius 3 is 2.50 bits per heavy atom. The number of benzene rings is 1. The van der Waals surface area contributed by atoms with E-state index in [9.17, 15) is 13.0 Å². The Hall–Kier alpha value is -0.810. The van der Waals surface area contributed by atoms with E-state index in [2.05, 4.69) is 0 Å². The topological polar surface area (TPSA) is 63.7 Å². The predicted molar refractivity (Wildman–Crippen MR) is 86.7 cm³/mol. The highest BCUT2D eigenvalue weighted by atomic mass is 32.2. The summed E-state index contributed by atoms with van der Waals surface area (Å²) in [7, 11) is -5.17. The lowest BCUT2D eigenvalue weighted by Gasteiger charge is -2.16. The molecule has 22 heavy (non-hydrogen) atoms. The minimum absolute atomic E-state index is 0.0791. The van der Waals surface area contributed by atoms with Crippen molar-refractivity contribution in [3.05, 3.63) is 29.8 Å². The highest BCUT2D eigenvalue weighted by molar-refractivity contribution is 7.89. The molecular weight excluding hydrogens is 321 g/mol. The van der Waals surface area contributed by atoms with E-state index in [0.29, 0.717) is 30.8 Å². The van der Waals surface area contributed by atoms with Crippen LogP contribution in [0.5, 0.6) is 0 Å². The quantitative estimate of drug-likeness (QED) is 0.744. The van der Waals surface area contributed by atoms with Gasteiger partial charge in [0.05, 0.1) is 11.5 Å². The Bertz CT molecular complexity index is 629. The molecule has 1 saturated heterocycles. The van der Waals surface area contributed by atoms with Crippen molar-refractivity contribution in [2.45, 2.75) is 25.7 Å². The van der Waals surface area contributed by atoms with Crippen molar-refractivity contribution in [1.29, 1.82) is 0 Å². The summed E-state index contributed by atoms with van der Waals surface area (Å²) in [4.78, 5) is 0.320. The molecule has 3 unspecified atom stereocenters. The zero-order valence-electron chi connectivity index (χ0n) is 13.2. The molecular formula is C15H23NO4PS+. The Labute approximate surface area is 133 Å². The number of hydrogen-bond donors (Lipinski definition) is 0. The molecule has 0 N–H and O–H groups in total. The summed E-state index contributed by atoms with van der Waals surface area (Å²) in [5.41, 5.74) is 1.03. The molecule has 1 aromatic carbocycles. The second-order valence-electron chi connectivity index (χ2n) is 5.81. The smallest absolute Gasteiger partial charge is 0.207 e. The van der Waals surface area contributed by atoms with Crippen molar-refractivity contribution in [3.63, 3.8) is 0 Å². The maximum absolute atomic E-state index is 12.7. The van der Waals surface area contributed by atoms with Crippen LogP contribution in [0.15, 0.2) is 29.2 Å². The largest absolute Gasteiger partial charge is 0.508 e. The second kappa shape index (κ2) is 7.18. The maximum atomic E-state index is 12.7. The Morgan fingerprint density at radius 1 is 1.27 bits per heavy atom. The summed E-state index contributed by atoms with van der Waals surface area (Å²) in [6.07, 6.45) is 0.421. The lowest BCUT2D eigenvalue weighted by Crippen LogP contribution is -2.29. The first-order valence-electron chi connectivity index (χ1n) is 7.49. The fourth-order valence-corrected chi connectivity index (χ4v) is 5.52. The van der Waals surface area contributed by atoms with Crippen LogP contribution in [-0.4, -0.2) is 38.6 Å². The first-order chi connectivity index (χ1) is 10.3. The molecule has 0 amide bonds. The molecule has 122 valence electrons. The number of hydrogen-bond acceptors (Lipinski definition) is 4. The molecule has 1 aromatic rings. The predicted octanol–water partition coefficient (Wildman–Crippen LogP) is 3.03. The molecule has 0 saturated carbocycles. The first kappa shape index (κ1) is 17.5. The molecule has 0 spiro atoms. The van der Waals surface area contributed by atoms with Crippen LogP contribution < -0.4 is 0 Å². The lowest BCUT2D eigenvalue weighted by atomic mass is 10.0. The van der Waals surface area contributed by atoms with Crippen LogP contribution in [0.2, 0.25) is 0 Å². The Balaban J connectivity index is 2.10. The molecule has 3 atom stereocenters. The summed E-state index contributed by atoms with van der Waals surface area (Å²) in [6, 6.07) is 6.89. The van der Waals surface area contributed by atoms with Crippen molar-refractivity contribution >= 4 is 18.1 Å². The van der Waals surface area contributed by atoms with Crippen molar-refractivity contribution in [3.8, 4) is 0 Å². The minimum atomic E-state index is -3.47. The molecule has 1 fully saturated rings. The van der Waals surface area contributed by atoms with Crippen molar-refractivity contribution < 1.29 is 17.5 Å². The Morgan fingerprint density at radius 2 is 1.91 bits per heavy atom. The van der Waals surface area contributed by atoms with E-state index < -0.39 is 18.1 Å². The van der Waals surface area contributed by atoms with Gasteiger partial charge >= 0.3 is 8.03 Å². The monoisotopic (exact) mass is 344 g/mol. The lowest BCUT2D eigenvalue weighted by molar-refractivity contribution is 0.341. The zero-order chi connectivity index (χ0) is 16.3. The van der Waals surface area contributed by atoms with Gasteiger partial charge in [0.2, 0.25) is 10.0 Å². The fourth-order valence-electron chi connectivity index (χ4n) is 2.67. The van der Waals surface area contributed by atoms with Gasteiger partial charge in [-0.3, -0.25) is 0 Å². The summed E-state index contributed by atoms with van der Waals surface area (Å²) < 4.78 is 43.7. The van der Waals surface area contributed by atoms with Gasteiger partial charge in [-0.25, -0.2) is 8.42 Å². The zero-order valence-corrected chi connectivity index (χ0v) is 14.9. The molecule has 0 radical (unpaired) electrons. The molecule has 2 rings (SSSR count). The third-order valence-electron chi connectivity index (χ3n) is 4.05. The highest BCUT2D eigenvalue weighted by Crippen LogP contribution is 2.35. The van der Waals surface area contributed by atoms with Crippen molar-refractivity contribution in [2.24, 2.45) is 11.8 Å². The van der Waals surface area contributed by atoms with Crippen LogP contribution >= 0.6 is 8.03 Å². The molecule has 0 aliphatic carbocycles. The molecule has 0 aromatic heterocycles. The van der Waals surface area contributed by atoms with E-state index in [0.717, 1.165) is 5.56 Å². The average Bonchev–Trinajstić information content (AvgIpc) is 2.81. The second-order valence-corrected chi connectivity index (χ2v) is 9.03. The van der Waals surface area contributed by atoms with E-state index in [-0.39, 0.29) is 11.8 Å². The van der Waals surface area contributed by atoms with E-state index >= 15 is 0 Å². The van der Waals surface area contributed by atoms with Crippen LogP contribution in [0.4, 0.5) is 0 Å². The van der Waals surface area contributed by atoms with Crippen LogP contribution in [0.25, 0.3) is 0 Å². The van der Waals surface area contributed by atoms with Crippen LogP contribution in [0.1, 0.15) is 19.4 Å². The van der Waals surface area contributed by atoms with Crippen molar-refractivity contribution in [1.82, 2.24) is 4.31 Å². The first-order valence-corrected chi connectivity index (χ1v) is 10.3. The van der Waals surface area contributed by atoms with Gasteiger partial charge in [0.15, 0.2) is 6.16 Å². The molecule has 5 nitrogen and oxygen atoms in total. The van der Waals surface area contributed by atoms with E-state index in [4.69, 9.17) is 4.52 Å². The average molecular weight is 344 g/mol. The van der Waals surface area contributed by atoms with Gasteiger partial charge in [0.1, 0.15) is 0 Å². The maximum Gasteiger partial charge on any atom is 0.508 e. The molecule has 0 bridgehead atoms. The summed E-state index contributed by atoms with van der Waals surface area (Å²) in [5.74, 6) is 0.259. The summed E-state index contributed by atoms with van der Waals surface area (Å²) >= 11 is 0. The molecule has 1 aliphatic rings. The summed E-state index contributed by atoms with van der Waals surface area (Å²) in [6.45, 7) is 7.03. The molecule has 7 heteroatoms. The summed E-state index contributed by atoms with van der Waals surface area (Å²) in [5, 5.41) is 0. The van der Waals surface area contributed by atoms with E-state index in [1.165, 1.54) is 4.31 Å². The Kier molecular flexibility index (Phi) is 5.72. The number of rotatable bonds is 6. The van der Waals surface area contributed by atoms with Gasteiger partial charge in [-0.05, 0) is 36.5 Å². The van der Waals surface area contributed by atoms with Gasteiger partial charge in [-0.2, -0.15) is 4.31 Å². The third kappa shape index (κ3) is 3.93. The molecule has 1 aliphatic heterocycles. The van der Waals surface area contributed by atoms with Crippen LogP contribution in [-0.2, 0) is 19.1 Å². The standard InChI is InChI=1S/C15H23NO4PS/c1-4-20-21(17)11-14-10-16(9-13(14)3)22(18,19)15-7-5-12(2)6-8-15/h5-8,13-14H,4,9-11H2,1-3H3/q+1.